The van der Waals surface area contributed by atoms with E-state index in [-0.39, 0.29) is 11.3 Å². The first kappa shape index (κ1) is 15.8. The van der Waals surface area contributed by atoms with E-state index in [9.17, 15) is 4.79 Å². The lowest BCUT2D eigenvalue weighted by Crippen LogP contribution is -2.16. The van der Waals surface area contributed by atoms with Crippen LogP contribution in [0.25, 0.3) is 0 Å². The molecule has 0 spiro atoms. The van der Waals surface area contributed by atoms with Crippen LogP contribution >= 0.6 is 23.2 Å². The molecule has 2 rings (SSSR count). The van der Waals surface area contributed by atoms with Crippen LogP contribution in [-0.2, 0) is 5.41 Å². The van der Waals surface area contributed by atoms with Crippen LogP contribution in [0.3, 0.4) is 0 Å². The summed E-state index contributed by atoms with van der Waals surface area (Å²) in [6.45, 7) is 6.20. The fraction of sp³-hybridized carbons (Fsp3) is 0.250. The number of anilines is 1. The number of pyridine rings is 1. The number of aromatic nitrogens is 1. The van der Waals surface area contributed by atoms with Crippen molar-refractivity contribution in [2.24, 2.45) is 0 Å². The van der Waals surface area contributed by atoms with E-state index in [2.05, 4.69) is 31.1 Å². The van der Waals surface area contributed by atoms with Gasteiger partial charge < -0.3 is 5.32 Å². The average Bonchev–Trinajstić information content (AvgIpc) is 2.37. The molecule has 0 unspecified atom stereocenters. The van der Waals surface area contributed by atoms with Crippen molar-refractivity contribution in [3.05, 3.63) is 57.8 Å². The number of hydrogen-bond acceptors (Lipinski definition) is 2. The van der Waals surface area contributed by atoms with Crippen molar-refractivity contribution < 1.29 is 4.79 Å². The summed E-state index contributed by atoms with van der Waals surface area (Å²) in [5.74, 6) is -0.275. The number of amides is 1. The zero-order valence-electron chi connectivity index (χ0n) is 12.1. The molecule has 1 aromatic heterocycles. The maximum atomic E-state index is 12.2. The molecule has 1 aromatic carbocycles. The predicted molar refractivity (Wildman–Crippen MR) is 87.4 cm³/mol. The molecule has 0 aliphatic heterocycles. The third-order valence-corrected chi connectivity index (χ3v) is 3.51. The van der Waals surface area contributed by atoms with Crippen molar-refractivity contribution in [3.63, 3.8) is 0 Å². The Balaban J connectivity index is 2.24. The van der Waals surface area contributed by atoms with Crippen molar-refractivity contribution >= 4 is 34.8 Å². The lowest BCUT2D eigenvalue weighted by atomic mass is 9.91. The zero-order valence-corrected chi connectivity index (χ0v) is 13.6. The Kier molecular flexibility index (Phi) is 4.55. The molecule has 1 heterocycles. The van der Waals surface area contributed by atoms with E-state index < -0.39 is 0 Å². The first-order valence-electron chi connectivity index (χ1n) is 6.50. The summed E-state index contributed by atoms with van der Waals surface area (Å²) >= 11 is 11.9. The standard InChI is InChI=1S/C16H16Cl2N2O/c1-16(2,3)14-9-11(6-7-19-14)20-15(21)12-5-4-10(17)8-13(12)18/h4-9H,1-3H3,(H,19,20,21). The first-order chi connectivity index (χ1) is 9.77. The smallest absolute Gasteiger partial charge is 0.257 e. The second-order valence-corrected chi connectivity index (χ2v) is 6.60. The second-order valence-electron chi connectivity index (χ2n) is 5.76. The summed E-state index contributed by atoms with van der Waals surface area (Å²) in [6, 6.07) is 8.39. The summed E-state index contributed by atoms with van der Waals surface area (Å²) in [7, 11) is 0. The van der Waals surface area contributed by atoms with Gasteiger partial charge in [-0.25, -0.2) is 0 Å². The molecule has 0 fully saturated rings. The normalized spacial score (nSPS) is 11.3. The molecule has 1 N–H and O–H groups in total. The van der Waals surface area contributed by atoms with Crippen molar-refractivity contribution in [1.82, 2.24) is 4.98 Å². The SMILES string of the molecule is CC(C)(C)c1cc(NC(=O)c2ccc(Cl)cc2Cl)ccn1. The van der Waals surface area contributed by atoms with Crippen LogP contribution in [0.1, 0.15) is 36.8 Å². The molecule has 110 valence electrons. The fourth-order valence-corrected chi connectivity index (χ4v) is 2.28. The minimum absolute atomic E-state index is 0.0847. The fourth-order valence-electron chi connectivity index (χ4n) is 1.79. The number of halogens is 2. The first-order valence-corrected chi connectivity index (χ1v) is 7.26. The molecule has 21 heavy (non-hydrogen) atoms. The molecular weight excluding hydrogens is 307 g/mol. The third-order valence-electron chi connectivity index (χ3n) is 2.96. The highest BCUT2D eigenvalue weighted by atomic mass is 35.5. The van der Waals surface area contributed by atoms with E-state index >= 15 is 0 Å². The molecule has 3 nitrogen and oxygen atoms in total. The number of nitrogens with one attached hydrogen (secondary N) is 1. The summed E-state index contributed by atoms with van der Waals surface area (Å²) in [5, 5.41) is 3.64. The van der Waals surface area contributed by atoms with E-state index in [0.717, 1.165) is 5.69 Å². The van der Waals surface area contributed by atoms with Gasteiger partial charge in [0.2, 0.25) is 0 Å². The topological polar surface area (TPSA) is 42.0 Å². The van der Waals surface area contributed by atoms with Crippen LogP contribution in [0.5, 0.6) is 0 Å². The second kappa shape index (κ2) is 6.04. The summed E-state index contributed by atoms with van der Waals surface area (Å²) in [4.78, 5) is 16.6. The number of nitrogens with zero attached hydrogens (tertiary/aromatic N) is 1. The number of carbonyl (C=O) groups is 1. The van der Waals surface area contributed by atoms with Gasteiger partial charge in [0.05, 0.1) is 10.6 Å². The van der Waals surface area contributed by atoms with Crippen LogP contribution in [0, 0.1) is 0 Å². The molecule has 5 heteroatoms. The molecule has 0 aliphatic carbocycles. The van der Waals surface area contributed by atoms with Gasteiger partial charge in [-0.15, -0.1) is 0 Å². The lowest BCUT2D eigenvalue weighted by Gasteiger charge is -2.18. The summed E-state index contributed by atoms with van der Waals surface area (Å²) in [5.41, 5.74) is 1.89. The van der Waals surface area contributed by atoms with Gasteiger partial charge in [0, 0.05) is 28.0 Å². The van der Waals surface area contributed by atoms with E-state index in [4.69, 9.17) is 23.2 Å². The van der Waals surface area contributed by atoms with Gasteiger partial charge in [0.1, 0.15) is 0 Å². The number of rotatable bonds is 2. The minimum atomic E-state index is -0.275. The highest BCUT2D eigenvalue weighted by Gasteiger charge is 2.17. The Labute approximate surface area is 134 Å². The molecule has 0 radical (unpaired) electrons. The molecule has 1 amide bonds. The summed E-state index contributed by atoms with van der Waals surface area (Å²) < 4.78 is 0. The Morgan fingerprint density at radius 1 is 1.14 bits per heavy atom. The largest absolute Gasteiger partial charge is 0.322 e. The van der Waals surface area contributed by atoms with Crippen molar-refractivity contribution in [3.8, 4) is 0 Å². The minimum Gasteiger partial charge on any atom is -0.322 e. The quantitative estimate of drug-likeness (QED) is 0.850. The Hall–Kier alpha value is -1.58. The monoisotopic (exact) mass is 322 g/mol. The maximum absolute atomic E-state index is 12.2. The predicted octanol–water partition coefficient (Wildman–Crippen LogP) is 4.94. The van der Waals surface area contributed by atoms with Gasteiger partial charge in [-0.1, -0.05) is 44.0 Å². The van der Waals surface area contributed by atoms with Gasteiger partial charge in [0.15, 0.2) is 0 Å². The lowest BCUT2D eigenvalue weighted by molar-refractivity contribution is 0.102. The molecule has 0 atom stereocenters. The van der Waals surface area contributed by atoms with Gasteiger partial charge in [-0.05, 0) is 30.3 Å². The van der Waals surface area contributed by atoms with Gasteiger partial charge in [-0.2, -0.15) is 0 Å². The molecule has 2 aromatic rings. The highest BCUT2D eigenvalue weighted by molar-refractivity contribution is 6.37. The van der Waals surface area contributed by atoms with Gasteiger partial charge >= 0.3 is 0 Å². The third kappa shape index (κ3) is 3.96. The molecule has 0 saturated carbocycles. The molecule has 0 saturated heterocycles. The maximum Gasteiger partial charge on any atom is 0.257 e. The number of hydrogen-bond donors (Lipinski definition) is 1. The van der Waals surface area contributed by atoms with E-state index in [1.54, 1.807) is 30.5 Å². The van der Waals surface area contributed by atoms with Crippen LogP contribution in [-0.4, -0.2) is 10.9 Å². The van der Waals surface area contributed by atoms with Crippen LogP contribution in [0.15, 0.2) is 36.5 Å². The van der Waals surface area contributed by atoms with Crippen LogP contribution < -0.4 is 5.32 Å². The van der Waals surface area contributed by atoms with E-state index in [1.165, 1.54) is 0 Å². The number of benzene rings is 1. The Bertz CT molecular complexity index is 678. The number of carbonyl (C=O) groups excluding carboxylic acids is 1. The van der Waals surface area contributed by atoms with E-state index in [1.807, 2.05) is 6.07 Å². The molecular formula is C16H16Cl2N2O. The molecule has 0 bridgehead atoms. The van der Waals surface area contributed by atoms with Crippen molar-refractivity contribution in [2.75, 3.05) is 5.32 Å². The van der Waals surface area contributed by atoms with Crippen molar-refractivity contribution in [2.45, 2.75) is 26.2 Å². The van der Waals surface area contributed by atoms with Crippen LogP contribution in [0.2, 0.25) is 10.0 Å². The van der Waals surface area contributed by atoms with Crippen molar-refractivity contribution in [1.29, 1.82) is 0 Å². The van der Waals surface area contributed by atoms with E-state index in [0.29, 0.717) is 21.3 Å². The van der Waals surface area contributed by atoms with Crippen LogP contribution in [0.4, 0.5) is 5.69 Å². The Morgan fingerprint density at radius 2 is 1.86 bits per heavy atom. The van der Waals surface area contributed by atoms with Gasteiger partial charge in [-0.3, -0.25) is 9.78 Å². The average molecular weight is 323 g/mol. The molecule has 0 aliphatic rings. The summed E-state index contributed by atoms with van der Waals surface area (Å²) in [6.07, 6.45) is 1.68. The Morgan fingerprint density at radius 3 is 2.48 bits per heavy atom. The van der Waals surface area contributed by atoms with Gasteiger partial charge in [0.25, 0.3) is 5.91 Å². The zero-order chi connectivity index (χ0) is 15.6. The highest BCUT2D eigenvalue weighted by Crippen LogP contribution is 2.24.